The first kappa shape index (κ1) is 17.4. The first-order chi connectivity index (χ1) is 12.0. The van der Waals surface area contributed by atoms with Crippen molar-refractivity contribution < 1.29 is 8.42 Å². The van der Waals surface area contributed by atoms with Gasteiger partial charge in [0, 0.05) is 4.47 Å². The van der Waals surface area contributed by atoms with Crippen LogP contribution >= 0.6 is 15.9 Å². The summed E-state index contributed by atoms with van der Waals surface area (Å²) in [5.41, 5.74) is 3.02. The second-order valence-electron chi connectivity index (χ2n) is 5.29. The van der Waals surface area contributed by atoms with Crippen LogP contribution in [0.4, 0.5) is 0 Å². The molecule has 0 saturated carbocycles. The predicted molar refractivity (Wildman–Crippen MR) is 104 cm³/mol. The third-order valence-corrected chi connectivity index (χ3v) is 5.30. The summed E-state index contributed by atoms with van der Waals surface area (Å²) in [4.78, 5) is 2.38. The van der Waals surface area contributed by atoms with Crippen LogP contribution in [0.5, 0.6) is 0 Å². The number of benzene rings is 3. The summed E-state index contributed by atoms with van der Waals surface area (Å²) < 4.78 is 25.1. The fraction of sp³-hybridized carbons (Fsp3) is 0. The molecule has 0 aliphatic rings. The second-order valence-corrected chi connectivity index (χ2v) is 7.87. The number of nitrogens with one attached hydrogen (secondary N) is 1. The molecule has 0 aliphatic heterocycles. The van der Waals surface area contributed by atoms with Crippen LogP contribution in [-0.2, 0) is 10.0 Å². The SMILES string of the molecule is O=S(=O)(N/N=C\c1ccc(-c2ccccc2)cc1)c1ccc(Br)cc1. The van der Waals surface area contributed by atoms with Gasteiger partial charge in [-0.05, 0) is 41.0 Å². The molecule has 0 aliphatic carbocycles. The van der Waals surface area contributed by atoms with Gasteiger partial charge in [0.05, 0.1) is 11.1 Å². The summed E-state index contributed by atoms with van der Waals surface area (Å²) in [6.45, 7) is 0. The lowest BCUT2D eigenvalue weighted by Crippen LogP contribution is -2.18. The molecule has 0 aromatic heterocycles. The van der Waals surface area contributed by atoms with Crippen LogP contribution in [0.1, 0.15) is 5.56 Å². The summed E-state index contributed by atoms with van der Waals surface area (Å²) >= 11 is 3.27. The van der Waals surface area contributed by atoms with Crippen molar-refractivity contribution in [3.8, 4) is 11.1 Å². The lowest BCUT2D eigenvalue weighted by atomic mass is 10.0. The molecule has 3 aromatic carbocycles. The van der Waals surface area contributed by atoms with Crippen LogP contribution in [0, 0.1) is 0 Å². The molecule has 0 heterocycles. The number of hydrogen-bond acceptors (Lipinski definition) is 3. The van der Waals surface area contributed by atoms with Gasteiger partial charge in [-0.25, -0.2) is 4.83 Å². The smallest absolute Gasteiger partial charge is 0.200 e. The Morgan fingerprint density at radius 3 is 2.04 bits per heavy atom. The average molecular weight is 415 g/mol. The maximum Gasteiger partial charge on any atom is 0.276 e. The highest BCUT2D eigenvalue weighted by Crippen LogP contribution is 2.18. The molecule has 6 heteroatoms. The molecule has 0 unspecified atom stereocenters. The van der Waals surface area contributed by atoms with Crippen molar-refractivity contribution >= 4 is 32.2 Å². The Bertz CT molecular complexity index is 968. The number of nitrogens with zero attached hydrogens (tertiary/aromatic N) is 1. The van der Waals surface area contributed by atoms with E-state index >= 15 is 0 Å². The molecule has 25 heavy (non-hydrogen) atoms. The zero-order chi connectivity index (χ0) is 17.7. The Morgan fingerprint density at radius 2 is 1.40 bits per heavy atom. The fourth-order valence-corrected chi connectivity index (χ4v) is 3.28. The predicted octanol–water partition coefficient (Wildman–Crippen LogP) is 4.43. The van der Waals surface area contributed by atoms with Gasteiger partial charge in [0.1, 0.15) is 0 Å². The Labute approximate surface area is 155 Å². The minimum Gasteiger partial charge on any atom is -0.200 e. The van der Waals surface area contributed by atoms with Gasteiger partial charge in [0.2, 0.25) is 0 Å². The molecular formula is C19H15BrN2O2S. The molecule has 0 fully saturated rings. The largest absolute Gasteiger partial charge is 0.276 e. The van der Waals surface area contributed by atoms with Crippen LogP contribution in [0.2, 0.25) is 0 Å². The van der Waals surface area contributed by atoms with Gasteiger partial charge < -0.3 is 0 Å². The van der Waals surface area contributed by atoms with E-state index in [1.807, 2.05) is 54.6 Å². The van der Waals surface area contributed by atoms with Crippen molar-refractivity contribution in [3.05, 3.63) is 88.9 Å². The van der Waals surface area contributed by atoms with E-state index in [1.165, 1.54) is 18.3 Å². The summed E-state index contributed by atoms with van der Waals surface area (Å²) in [5.74, 6) is 0. The number of rotatable bonds is 5. The van der Waals surface area contributed by atoms with E-state index < -0.39 is 10.0 Å². The van der Waals surface area contributed by atoms with E-state index in [-0.39, 0.29) is 4.90 Å². The van der Waals surface area contributed by atoms with E-state index in [9.17, 15) is 8.42 Å². The Balaban J connectivity index is 1.69. The van der Waals surface area contributed by atoms with Gasteiger partial charge in [0.25, 0.3) is 10.0 Å². The van der Waals surface area contributed by atoms with E-state index in [1.54, 1.807) is 12.1 Å². The topological polar surface area (TPSA) is 58.5 Å². The molecular weight excluding hydrogens is 400 g/mol. The van der Waals surface area contributed by atoms with Gasteiger partial charge in [-0.15, -0.1) is 0 Å². The van der Waals surface area contributed by atoms with Crippen LogP contribution in [-0.4, -0.2) is 14.6 Å². The van der Waals surface area contributed by atoms with Gasteiger partial charge in [-0.3, -0.25) is 0 Å². The monoisotopic (exact) mass is 414 g/mol. The van der Waals surface area contributed by atoms with Crippen molar-refractivity contribution in [1.29, 1.82) is 0 Å². The Morgan fingerprint density at radius 1 is 0.800 bits per heavy atom. The zero-order valence-corrected chi connectivity index (χ0v) is 15.5. The van der Waals surface area contributed by atoms with Crippen LogP contribution in [0.15, 0.2) is 93.3 Å². The zero-order valence-electron chi connectivity index (χ0n) is 13.1. The molecule has 0 bridgehead atoms. The van der Waals surface area contributed by atoms with Crippen LogP contribution < -0.4 is 4.83 Å². The standard InChI is InChI=1S/C19H15BrN2O2S/c20-18-10-12-19(13-11-18)25(23,24)22-21-14-15-6-8-17(9-7-15)16-4-2-1-3-5-16/h1-14,22H/b21-14-. The normalized spacial score (nSPS) is 11.6. The quantitative estimate of drug-likeness (QED) is 0.495. The van der Waals surface area contributed by atoms with E-state index in [0.717, 1.165) is 21.2 Å². The van der Waals surface area contributed by atoms with E-state index in [2.05, 4.69) is 25.9 Å². The van der Waals surface area contributed by atoms with Crippen molar-refractivity contribution in [2.75, 3.05) is 0 Å². The minimum atomic E-state index is -3.67. The number of halogens is 1. The first-order valence-electron chi connectivity index (χ1n) is 7.50. The fourth-order valence-electron chi connectivity index (χ4n) is 2.23. The Hall–Kier alpha value is -2.44. The highest BCUT2D eigenvalue weighted by molar-refractivity contribution is 9.10. The number of sulfonamides is 1. The van der Waals surface area contributed by atoms with E-state index in [4.69, 9.17) is 0 Å². The molecule has 0 saturated heterocycles. The summed E-state index contributed by atoms with van der Waals surface area (Å²) in [6.07, 6.45) is 1.48. The first-order valence-corrected chi connectivity index (χ1v) is 9.78. The lowest BCUT2D eigenvalue weighted by Gasteiger charge is -2.04. The maximum atomic E-state index is 12.1. The second kappa shape index (κ2) is 7.63. The Kier molecular flexibility index (Phi) is 5.31. The third kappa shape index (κ3) is 4.55. The molecule has 3 rings (SSSR count). The summed E-state index contributed by atoms with van der Waals surface area (Å²) in [6, 6.07) is 24.1. The molecule has 0 spiro atoms. The van der Waals surface area contributed by atoms with Gasteiger partial charge in [0.15, 0.2) is 0 Å². The molecule has 4 nitrogen and oxygen atoms in total. The number of hydrogen-bond donors (Lipinski definition) is 1. The van der Waals surface area contributed by atoms with Gasteiger partial charge in [-0.2, -0.15) is 13.5 Å². The summed E-state index contributed by atoms with van der Waals surface area (Å²) in [7, 11) is -3.67. The molecule has 3 aromatic rings. The van der Waals surface area contributed by atoms with Crippen molar-refractivity contribution in [1.82, 2.24) is 4.83 Å². The minimum absolute atomic E-state index is 0.160. The molecule has 0 amide bonds. The van der Waals surface area contributed by atoms with Crippen molar-refractivity contribution in [2.24, 2.45) is 5.10 Å². The highest BCUT2D eigenvalue weighted by Gasteiger charge is 2.11. The van der Waals surface area contributed by atoms with Crippen molar-refractivity contribution in [2.45, 2.75) is 4.90 Å². The molecule has 126 valence electrons. The molecule has 0 radical (unpaired) electrons. The summed E-state index contributed by atoms with van der Waals surface area (Å²) in [5, 5.41) is 3.84. The third-order valence-electron chi connectivity index (χ3n) is 3.53. The van der Waals surface area contributed by atoms with Gasteiger partial charge in [-0.1, -0.05) is 70.5 Å². The van der Waals surface area contributed by atoms with Crippen LogP contribution in [0.25, 0.3) is 11.1 Å². The molecule has 1 N–H and O–H groups in total. The lowest BCUT2D eigenvalue weighted by molar-refractivity contribution is 0.584. The average Bonchev–Trinajstić information content (AvgIpc) is 2.63. The maximum absolute atomic E-state index is 12.1. The van der Waals surface area contributed by atoms with Crippen molar-refractivity contribution in [3.63, 3.8) is 0 Å². The van der Waals surface area contributed by atoms with E-state index in [0.29, 0.717) is 0 Å². The van der Waals surface area contributed by atoms with Gasteiger partial charge >= 0.3 is 0 Å². The number of hydrazone groups is 1. The van der Waals surface area contributed by atoms with Crippen LogP contribution in [0.3, 0.4) is 0 Å². The highest BCUT2D eigenvalue weighted by atomic mass is 79.9. The molecule has 0 atom stereocenters.